The van der Waals surface area contributed by atoms with Crippen molar-refractivity contribution in [3.05, 3.63) is 42.5 Å². The highest BCUT2D eigenvalue weighted by atomic mass is 31.2. The third kappa shape index (κ3) is 1.67. The maximum atomic E-state index is 2.37. The molecule has 0 aromatic heterocycles. The van der Waals surface area contributed by atoms with E-state index in [1.165, 1.54) is 16.1 Å². The first kappa shape index (κ1) is 9.68. The van der Waals surface area contributed by atoms with E-state index in [2.05, 4.69) is 62.5 Å². The summed E-state index contributed by atoms with van der Waals surface area (Å²) in [6.45, 7) is 7.11. The molecule has 0 heterocycles. The Hall–Kier alpha value is -0.870. The van der Waals surface area contributed by atoms with Gasteiger partial charge in [0, 0.05) is 12.6 Å². The van der Waals surface area contributed by atoms with E-state index in [0.717, 1.165) is 0 Å². The van der Waals surface area contributed by atoms with Crippen LogP contribution in [0.25, 0.3) is 10.8 Å². The van der Waals surface area contributed by atoms with E-state index in [0.29, 0.717) is 0 Å². The van der Waals surface area contributed by atoms with Crippen molar-refractivity contribution in [1.82, 2.24) is 0 Å². The normalized spacial score (nSPS) is 11.9. The van der Waals surface area contributed by atoms with E-state index in [1.807, 2.05) is 0 Å². The zero-order valence-corrected chi connectivity index (χ0v) is 9.88. The molecule has 0 bridgehead atoms. The van der Waals surface area contributed by atoms with Crippen molar-refractivity contribution in [3.63, 3.8) is 0 Å². The zero-order valence-electron chi connectivity index (χ0n) is 8.99. The summed E-state index contributed by atoms with van der Waals surface area (Å²) in [5.41, 5.74) is 0. The molecule has 0 amide bonds. The summed E-state index contributed by atoms with van der Waals surface area (Å²) >= 11 is 0. The van der Waals surface area contributed by atoms with Crippen LogP contribution in [0.2, 0.25) is 0 Å². The molecule has 0 radical (unpaired) electrons. The first-order chi connectivity index (χ1) is 6.59. The van der Waals surface area contributed by atoms with Gasteiger partial charge in [0.1, 0.15) is 5.30 Å². The Morgan fingerprint density at radius 3 is 2.14 bits per heavy atom. The largest absolute Gasteiger partial charge is 0.101 e. The van der Waals surface area contributed by atoms with E-state index in [-0.39, 0.29) is 0 Å². The minimum Gasteiger partial charge on any atom is -0.0616 e. The van der Waals surface area contributed by atoms with Gasteiger partial charge in [0.25, 0.3) is 0 Å². The number of benzene rings is 2. The van der Waals surface area contributed by atoms with Crippen molar-refractivity contribution in [2.75, 3.05) is 20.0 Å². The molecule has 0 atom stereocenters. The lowest BCUT2D eigenvalue weighted by Crippen LogP contribution is -2.08. The van der Waals surface area contributed by atoms with E-state index >= 15 is 0 Å². The van der Waals surface area contributed by atoms with E-state index < -0.39 is 7.26 Å². The minimum absolute atomic E-state index is 0.914. The topological polar surface area (TPSA) is 0 Å². The van der Waals surface area contributed by atoms with Gasteiger partial charge in [0.15, 0.2) is 0 Å². The molecule has 1 heteroatoms. The monoisotopic (exact) mass is 203 g/mol. The van der Waals surface area contributed by atoms with Crippen molar-refractivity contribution in [2.45, 2.75) is 0 Å². The Kier molecular flexibility index (Phi) is 2.33. The molecule has 14 heavy (non-hydrogen) atoms. The summed E-state index contributed by atoms with van der Waals surface area (Å²) in [6.07, 6.45) is 0. The fourth-order valence-electron chi connectivity index (χ4n) is 1.79. The van der Waals surface area contributed by atoms with Crippen molar-refractivity contribution >= 4 is 23.3 Å². The summed E-state index contributed by atoms with van der Waals surface area (Å²) in [5.74, 6) is 0. The molecule has 0 nitrogen and oxygen atoms in total. The highest BCUT2D eigenvalue weighted by Gasteiger charge is 2.23. The maximum absolute atomic E-state index is 2.37. The van der Waals surface area contributed by atoms with Gasteiger partial charge >= 0.3 is 0 Å². The van der Waals surface area contributed by atoms with Crippen LogP contribution >= 0.6 is 7.26 Å². The lowest BCUT2D eigenvalue weighted by molar-refractivity contribution is 1.77. The molecule has 2 aromatic rings. The first-order valence-electron chi connectivity index (χ1n) is 4.89. The Morgan fingerprint density at radius 1 is 0.786 bits per heavy atom. The van der Waals surface area contributed by atoms with E-state index in [1.54, 1.807) is 0 Å². The van der Waals surface area contributed by atoms with Gasteiger partial charge in [-0.3, -0.25) is 0 Å². The summed E-state index contributed by atoms with van der Waals surface area (Å²) in [7, 11) is -0.914. The average Bonchev–Trinajstić information content (AvgIpc) is 2.15. The second kappa shape index (κ2) is 3.37. The van der Waals surface area contributed by atoms with Gasteiger partial charge in [0.05, 0.1) is 20.0 Å². The van der Waals surface area contributed by atoms with Crippen LogP contribution < -0.4 is 5.30 Å². The van der Waals surface area contributed by atoms with Gasteiger partial charge in [-0.1, -0.05) is 36.4 Å². The number of hydrogen-bond donors (Lipinski definition) is 0. The van der Waals surface area contributed by atoms with Crippen LogP contribution in [-0.2, 0) is 0 Å². The Morgan fingerprint density at radius 2 is 1.43 bits per heavy atom. The van der Waals surface area contributed by atoms with Crippen LogP contribution in [0.5, 0.6) is 0 Å². The molecular weight excluding hydrogens is 187 g/mol. The van der Waals surface area contributed by atoms with Crippen molar-refractivity contribution < 1.29 is 0 Å². The maximum Gasteiger partial charge on any atom is 0.101 e. The Bertz CT molecular complexity index is 447. The molecule has 2 aromatic carbocycles. The van der Waals surface area contributed by atoms with Crippen LogP contribution in [0.1, 0.15) is 0 Å². The molecule has 2 rings (SSSR count). The fraction of sp³-hybridized carbons (Fsp3) is 0.231. The van der Waals surface area contributed by atoms with Crippen LogP contribution in [0.3, 0.4) is 0 Å². The summed E-state index contributed by atoms with van der Waals surface area (Å²) < 4.78 is 0. The molecular formula is C13H16P+. The van der Waals surface area contributed by atoms with Gasteiger partial charge < -0.3 is 0 Å². The predicted molar refractivity (Wildman–Crippen MR) is 68.3 cm³/mol. The summed E-state index contributed by atoms with van der Waals surface area (Å²) in [4.78, 5) is 0. The highest BCUT2D eigenvalue weighted by Crippen LogP contribution is 2.46. The van der Waals surface area contributed by atoms with Gasteiger partial charge in [-0.25, -0.2) is 0 Å². The van der Waals surface area contributed by atoms with E-state index in [4.69, 9.17) is 0 Å². The third-order valence-electron chi connectivity index (χ3n) is 2.49. The molecule has 0 saturated carbocycles. The molecule has 0 aliphatic heterocycles. The zero-order chi connectivity index (χ0) is 10.2. The Labute approximate surface area is 86.3 Å². The SMILES string of the molecule is C[P+](C)(C)c1cccc2ccccc12. The fourth-order valence-corrected chi connectivity index (χ4v) is 3.25. The van der Waals surface area contributed by atoms with Crippen LogP contribution in [0.15, 0.2) is 42.5 Å². The molecule has 0 saturated heterocycles. The average molecular weight is 203 g/mol. The van der Waals surface area contributed by atoms with Gasteiger partial charge in [0.2, 0.25) is 0 Å². The van der Waals surface area contributed by atoms with Crippen molar-refractivity contribution in [1.29, 1.82) is 0 Å². The second-order valence-corrected chi connectivity index (χ2v) is 9.02. The summed E-state index contributed by atoms with van der Waals surface area (Å²) in [6, 6.07) is 15.3. The number of hydrogen-bond acceptors (Lipinski definition) is 0. The lowest BCUT2D eigenvalue weighted by Gasteiger charge is -2.13. The Balaban J connectivity index is 2.78. The van der Waals surface area contributed by atoms with Crippen molar-refractivity contribution in [3.8, 4) is 0 Å². The standard InChI is InChI=1S/C13H16P/c1-14(2,3)13-10-6-8-11-7-4-5-9-12(11)13/h4-10H,1-3H3/q+1. The van der Waals surface area contributed by atoms with Gasteiger partial charge in [-0.05, 0) is 11.5 Å². The van der Waals surface area contributed by atoms with Gasteiger partial charge in [-0.15, -0.1) is 0 Å². The smallest absolute Gasteiger partial charge is 0.0616 e. The third-order valence-corrected chi connectivity index (χ3v) is 4.32. The van der Waals surface area contributed by atoms with Crippen LogP contribution in [0.4, 0.5) is 0 Å². The number of rotatable bonds is 1. The molecule has 0 aliphatic carbocycles. The molecule has 0 fully saturated rings. The molecule has 0 spiro atoms. The summed E-state index contributed by atoms with van der Waals surface area (Å²) in [5, 5.41) is 4.33. The first-order valence-corrected chi connectivity index (χ1v) is 8.02. The van der Waals surface area contributed by atoms with E-state index in [9.17, 15) is 0 Å². The highest BCUT2D eigenvalue weighted by molar-refractivity contribution is 7.81. The molecule has 0 aliphatic rings. The molecule has 0 unspecified atom stereocenters. The van der Waals surface area contributed by atoms with Gasteiger partial charge in [-0.2, -0.15) is 0 Å². The minimum atomic E-state index is -0.914. The van der Waals surface area contributed by atoms with Crippen LogP contribution in [-0.4, -0.2) is 20.0 Å². The van der Waals surface area contributed by atoms with Crippen molar-refractivity contribution in [2.24, 2.45) is 0 Å². The second-order valence-electron chi connectivity index (χ2n) is 4.51. The van der Waals surface area contributed by atoms with Crippen LogP contribution in [0, 0.1) is 0 Å². The number of fused-ring (bicyclic) bond motifs is 1. The lowest BCUT2D eigenvalue weighted by atomic mass is 10.1. The predicted octanol–water partition coefficient (Wildman–Crippen LogP) is 3.37. The quantitative estimate of drug-likeness (QED) is 0.623. The molecule has 0 N–H and O–H groups in total. The molecule has 72 valence electrons.